The number of aliphatic hydroxyl groups is 1. The molecule has 0 amide bonds. The van der Waals surface area contributed by atoms with Gasteiger partial charge in [0.05, 0.1) is 17.2 Å². The van der Waals surface area contributed by atoms with E-state index < -0.39 is 15.8 Å². The molecule has 0 saturated heterocycles. The van der Waals surface area contributed by atoms with E-state index in [9.17, 15) is 17.9 Å². The molecule has 0 fully saturated rings. The summed E-state index contributed by atoms with van der Waals surface area (Å²) in [5.41, 5.74) is 1.30. The van der Waals surface area contributed by atoms with E-state index in [1.165, 1.54) is 37.4 Å². The van der Waals surface area contributed by atoms with E-state index in [2.05, 4.69) is 0 Å². The van der Waals surface area contributed by atoms with Gasteiger partial charge in [-0.05, 0) is 42.3 Å². The zero-order valence-corrected chi connectivity index (χ0v) is 12.6. The molecule has 0 spiro atoms. The number of hydrogen-bond acceptors (Lipinski definition) is 3. The summed E-state index contributed by atoms with van der Waals surface area (Å²) in [5, 5.41) is 9.24. The predicted molar refractivity (Wildman–Crippen MR) is 79.1 cm³/mol. The molecule has 0 unspecified atom stereocenters. The minimum atomic E-state index is -3.88. The lowest BCUT2D eigenvalue weighted by atomic mass is 10.1. The quantitative estimate of drug-likeness (QED) is 0.944. The van der Waals surface area contributed by atoms with Crippen molar-refractivity contribution < 1.29 is 17.9 Å². The van der Waals surface area contributed by atoms with Crippen molar-refractivity contribution in [1.29, 1.82) is 0 Å². The Morgan fingerprint density at radius 2 is 1.86 bits per heavy atom. The zero-order valence-electron chi connectivity index (χ0n) is 11.7. The van der Waals surface area contributed by atoms with Crippen molar-refractivity contribution in [3.63, 3.8) is 0 Å². The molecule has 0 aliphatic heterocycles. The van der Waals surface area contributed by atoms with Gasteiger partial charge in [0.1, 0.15) is 5.82 Å². The molecular weight excluding hydrogens is 293 g/mol. The summed E-state index contributed by atoms with van der Waals surface area (Å²) in [6.45, 7) is 1.53. The van der Waals surface area contributed by atoms with Gasteiger partial charge >= 0.3 is 0 Å². The molecule has 4 nitrogen and oxygen atoms in total. The monoisotopic (exact) mass is 309 g/mol. The van der Waals surface area contributed by atoms with Gasteiger partial charge in [0.2, 0.25) is 0 Å². The number of anilines is 1. The summed E-state index contributed by atoms with van der Waals surface area (Å²) in [5.74, 6) is -0.613. The van der Waals surface area contributed by atoms with Gasteiger partial charge in [-0.2, -0.15) is 0 Å². The Morgan fingerprint density at radius 1 is 1.19 bits per heavy atom. The van der Waals surface area contributed by atoms with Crippen molar-refractivity contribution in [2.45, 2.75) is 18.4 Å². The summed E-state index contributed by atoms with van der Waals surface area (Å²) < 4.78 is 39.7. The van der Waals surface area contributed by atoms with Gasteiger partial charge in [-0.3, -0.25) is 4.31 Å². The number of aryl methyl sites for hydroxylation is 1. The number of benzene rings is 2. The van der Waals surface area contributed by atoms with Crippen molar-refractivity contribution in [3.05, 3.63) is 59.4 Å². The van der Waals surface area contributed by atoms with Crippen LogP contribution in [0.5, 0.6) is 0 Å². The molecule has 0 aromatic heterocycles. The molecule has 0 atom stereocenters. The van der Waals surface area contributed by atoms with Crippen LogP contribution in [0.4, 0.5) is 10.1 Å². The van der Waals surface area contributed by atoms with Crippen LogP contribution in [0.3, 0.4) is 0 Å². The molecule has 0 heterocycles. The highest BCUT2D eigenvalue weighted by molar-refractivity contribution is 7.92. The molecule has 2 rings (SSSR count). The van der Waals surface area contributed by atoms with Crippen LogP contribution in [0.25, 0.3) is 0 Å². The first-order valence-electron chi connectivity index (χ1n) is 6.31. The van der Waals surface area contributed by atoms with Crippen LogP contribution >= 0.6 is 0 Å². The van der Waals surface area contributed by atoms with Gasteiger partial charge in [0, 0.05) is 7.05 Å². The van der Waals surface area contributed by atoms with Gasteiger partial charge in [0.25, 0.3) is 10.0 Å². The normalized spacial score (nSPS) is 11.4. The van der Waals surface area contributed by atoms with Crippen LogP contribution in [-0.4, -0.2) is 20.6 Å². The summed E-state index contributed by atoms with van der Waals surface area (Å²) in [6.07, 6.45) is 0. The summed E-state index contributed by atoms with van der Waals surface area (Å²) in [6, 6.07) is 10.1. The van der Waals surface area contributed by atoms with E-state index in [0.29, 0.717) is 5.56 Å². The van der Waals surface area contributed by atoms with E-state index in [4.69, 9.17) is 0 Å². The van der Waals surface area contributed by atoms with Gasteiger partial charge in [-0.25, -0.2) is 12.8 Å². The molecule has 0 saturated carbocycles. The lowest BCUT2D eigenvalue weighted by molar-refractivity contribution is 0.280. The summed E-state index contributed by atoms with van der Waals surface area (Å²) >= 11 is 0. The van der Waals surface area contributed by atoms with E-state index in [1.54, 1.807) is 19.1 Å². The third-order valence-corrected chi connectivity index (χ3v) is 5.11. The molecule has 0 aliphatic rings. The Morgan fingerprint density at radius 3 is 2.48 bits per heavy atom. The van der Waals surface area contributed by atoms with E-state index >= 15 is 0 Å². The Bertz CT molecular complexity index is 759. The lowest BCUT2D eigenvalue weighted by Gasteiger charge is -2.20. The number of nitrogens with zero attached hydrogens (tertiary/aromatic N) is 1. The van der Waals surface area contributed by atoms with Gasteiger partial charge in [-0.1, -0.05) is 18.2 Å². The highest BCUT2D eigenvalue weighted by atomic mass is 32.2. The largest absolute Gasteiger partial charge is 0.392 e. The Labute approximate surface area is 123 Å². The molecule has 112 valence electrons. The average Bonchev–Trinajstić information content (AvgIpc) is 2.47. The van der Waals surface area contributed by atoms with Crippen LogP contribution in [0.15, 0.2) is 47.4 Å². The summed E-state index contributed by atoms with van der Waals surface area (Å²) in [4.78, 5) is 0.0166. The molecule has 0 radical (unpaired) electrons. The van der Waals surface area contributed by atoms with Gasteiger partial charge in [-0.15, -0.1) is 0 Å². The maximum atomic E-state index is 13.7. The highest BCUT2D eigenvalue weighted by Crippen LogP contribution is 2.25. The molecule has 21 heavy (non-hydrogen) atoms. The van der Waals surface area contributed by atoms with E-state index in [-0.39, 0.29) is 17.2 Å². The Hall–Kier alpha value is -1.92. The van der Waals surface area contributed by atoms with Gasteiger partial charge < -0.3 is 5.11 Å². The molecule has 2 aromatic carbocycles. The molecular formula is C15H16FNO3S. The topological polar surface area (TPSA) is 57.6 Å². The smallest absolute Gasteiger partial charge is 0.264 e. The van der Waals surface area contributed by atoms with Crippen LogP contribution < -0.4 is 4.31 Å². The van der Waals surface area contributed by atoms with Crippen LogP contribution in [0, 0.1) is 12.7 Å². The van der Waals surface area contributed by atoms with Crippen molar-refractivity contribution >= 4 is 15.7 Å². The predicted octanol–water partition coefficient (Wildman–Crippen LogP) is 2.45. The molecule has 2 aromatic rings. The third-order valence-electron chi connectivity index (χ3n) is 3.34. The maximum absolute atomic E-state index is 13.7. The average molecular weight is 309 g/mol. The number of hydrogen-bond donors (Lipinski definition) is 1. The first-order valence-corrected chi connectivity index (χ1v) is 7.76. The zero-order chi connectivity index (χ0) is 15.6. The lowest BCUT2D eigenvalue weighted by Crippen LogP contribution is -2.27. The van der Waals surface area contributed by atoms with Crippen molar-refractivity contribution in [1.82, 2.24) is 0 Å². The maximum Gasteiger partial charge on any atom is 0.264 e. The molecule has 6 heteroatoms. The van der Waals surface area contributed by atoms with E-state index in [0.717, 1.165) is 9.87 Å². The molecule has 1 N–H and O–H groups in total. The van der Waals surface area contributed by atoms with E-state index in [1.807, 2.05) is 0 Å². The Kier molecular flexibility index (Phi) is 4.29. The minimum absolute atomic E-state index is 0.0166. The van der Waals surface area contributed by atoms with Gasteiger partial charge in [0.15, 0.2) is 0 Å². The first kappa shape index (κ1) is 15.5. The number of halogens is 1. The van der Waals surface area contributed by atoms with Crippen LogP contribution in [0.2, 0.25) is 0 Å². The minimum Gasteiger partial charge on any atom is -0.392 e. The standard InChI is InChI=1S/C15H16FNO3S/c1-11-7-8-13(9-12(11)10-18)21(19,20)17(2)15-6-4-3-5-14(15)16/h3-9,18H,10H2,1-2H3. The first-order chi connectivity index (χ1) is 9.87. The number of sulfonamides is 1. The van der Waals surface area contributed by atoms with Crippen molar-refractivity contribution in [2.24, 2.45) is 0 Å². The SMILES string of the molecule is Cc1ccc(S(=O)(=O)N(C)c2ccccc2F)cc1CO. The van der Waals surface area contributed by atoms with Crippen molar-refractivity contribution in [3.8, 4) is 0 Å². The number of aliphatic hydroxyl groups excluding tert-OH is 1. The highest BCUT2D eigenvalue weighted by Gasteiger charge is 2.23. The second kappa shape index (κ2) is 5.83. The molecule has 0 bridgehead atoms. The van der Waals surface area contributed by atoms with Crippen LogP contribution in [0.1, 0.15) is 11.1 Å². The fourth-order valence-electron chi connectivity index (χ4n) is 1.97. The second-order valence-electron chi connectivity index (χ2n) is 4.67. The number of rotatable bonds is 4. The molecule has 0 aliphatic carbocycles. The summed E-state index contributed by atoms with van der Waals surface area (Å²) in [7, 11) is -2.58. The van der Waals surface area contributed by atoms with Crippen molar-refractivity contribution in [2.75, 3.05) is 11.4 Å². The second-order valence-corrected chi connectivity index (χ2v) is 6.64. The third kappa shape index (κ3) is 2.91. The fourth-order valence-corrected chi connectivity index (χ4v) is 3.23. The number of para-hydroxylation sites is 1. The van der Waals surface area contributed by atoms with Crippen LogP contribution in [-0.2, 0) is 16.6 Å². The fraction of sp³-hybridized carbons (Fsp3) is 0.200. The Balaban J connectivity index is 2.49.